The van der Waals surface area contributed by atoms with E-state index in [1.54, 1.807) is 0 Å². The minimum Gasteiger partial charge on any atom is -0.438 e. The molecule has 5 aromatic carbocycles. The Kier molecular flexibility index (Phi) is 7.43. The molecule has 0 radical (unpaired) electrons. The van der Waals surface area contributed by atoms with E-state index in [-0.39, 0.29) is 17.3 Å². The van der Waals surface area contributed by atoms with Gasteiger partial charge in [-0.1, -0.05) is 109 Å². The second-order valence-electron chi connectivity index (χ2n) is 16.2. The Labute approximate surface area is 309 Å². The molecule has 4 heterocycles. The molecule has 6 heteroatoms. The van der Waals surface area contributed by atoms with Gasteiger partial charge in [-0.25, -0.2) is 4.57 Å². The van der Waals surface area contributed by atoms with E-state index in [1.165, 1.54) is 44.2 Å². The highest BCUT2D eigenvalue weighted by atomic mass is 16.4. The van der Waals surface area contributed by atoms with Crippen molar-refractivity contribution in [3.8, 4) is 28.2 Å². The summed E-state index contributed by atoms with van der Waals surface area (Å²) in [6.07, 6.45) is 0. The molecule has 53 heavy (non-hydrogen) atoms. The molecule has 0 aliphatic heterocycles. The number of rotatable bonds is 5. The van der Waals surface area contributed by atoms with Gasteiger partial charge < -0.3 is 8.83 Å². The molecule has 0 saturated heterocycles. The fraction of sp³-hybridized carbons (Fsp3) is 0.255. The van der Waals surface area contributed by atoms with Gasteiger partial charge in [0.05, 0.1) is 12.4 Å². The van der Waals surface area contributed by atoms with Crippen LogP contribution in [0, 0.1) is 6.92 Å². The van der Waals surface area contributed by atoms with E-state index in [2.05, 4.69) is 163 Å². The molecule has 0 aliphatic rings. The number of benzene rings is 5. The second-order valence-corrected chi connectivity index (χ2v) is 16.2. The summed E-state index contributed by atoms with van der Waals surface area (Å²) in [5, 5.41) is 4.33. The van der Waals surface area contributed by atoms with E-state index in [1.807, 2.05) is 6.07 Å². The maximum Gasteiger partial charge on any atom is 0.299 e. The summed E-state index contributed by atoms with van der Waals surface area (Å²) >= 11 is 0. The first-order valence-electron chi connectivity index (χ1n) is 18.7. The summed E-state index contributed by atoms with van der Waals surface area (Å²) in [4.78, 5) is 9.69. The number of aromatic nitrogens is 4. The Morgan fingerprint density at radius 2 is 1.40 bits per heavy atom. The fourth-order valence-corrected chi connectivity index (χ4v) is 8.04. The number of imidazole rings is 1. The van der Waals surface area contributed by atoms with E-state index in [9.17, 15) is 0 Å². The number of aryl methyl sites for hydroxylation is 2. The van der Waals surface area contributed by atoms with Crippen LogP contribution in [0.4, 0.5) is 0 Å². The largest absolute Gasteiger partial charge is 0.438 e. The predicted octanol–water partition coefficient (Wildman–Crippen LogP) is 12.2. The lowest BCUT2D eigenvalue weighted by molar-refractivity contribution is -0.633. The summed E-state index contributed by atoms with van der Waals surface area (Å²) < 4.78 is 18.0. The quantitative estimate of drug-likeness (QED) is 0.168. The van der Waals surface area contributed by atoms with Gasteiger partial charge in [0.2, 0.25) is 17.3 Å². The van der Waals surface area contributed by atoms with Crippen LogP contribution < -0.4 is 4.57 Å². The van der Waals surface area contributed by atoms with Gasteiger partial charge in [0.25, 0.3) is 5.82 Å². The number of nitrogens with zero attached hydrogens (tertiary/aromatic N) is 4. The summed E-state index contributed by atoms with van der Waals surface area (Å²) in [6, 6.07) is 35.2. The number of oxazole rings is 1. The van der Waals surface area contributed by atoms with Gasteiger partial charge in [-0.05, 0) is 77.2 Å². The summed E-state index contributed by atoms with van der Waals surface area (Å²) in [5.41, 5.74) is 13.2. The van der Waals surface area contributed by atoms with Crippen LogP contribution in [0.2, 0.25) is 0 Å². The zero-order valence-electron chi connectivity index (χ0n) is 32.0. The van der Waals surface area contributed by atoms with E-state index >= 15 is 0 Å². The molecule has 6 nitrogen and oxygen atoms in total. The van der Waals surface area contributed by atoms with Gasteiger partial charge in [0, 0.05) is 27.3 Å². The molecule has 0 aliphatic carbocycles. The van der Waals surface area contributed by atoms with Crippen molar-refractivity contribution in [1.29, 1.82) is 0 Å². The van der Waals surface area contributed by atoms with E-state index in [4.69, 9.17) is 18.8 Å². The highest BCUT2D eigenvalue weighted by Gasteiger charge is 2.35. The number of fused-ring (bicyclic) bond motifs is 7. The van der Waals surface area contributed by atoms with Crippen molar-refractivity contribution in [1.82, 2.24) is 14.5 Å². The molecule has 0 saturated carbocycles. The molecular weight excluding hydrogens is 653 g/mol. The summed E-state index contributed by atoms with van der Waals surface area (Å²) in [6.45, 7) is 17.7. The number of furan rings is 1. The third-order valence-corrected chi connectivity index (χ3v) is 10.8. The monoisotopic (exact) mass is 697 g/mol. The van der Waals surface area contributed by atoms with Crippen molar-refractivity contribution >= 4 is 55.1 Å². The molecule has 0 N–H and O–H groups in total. The van der Waals surface area contributed by atoms with E-state index in [0.29, 0.717) is 22.8 Å². The van der Waals surface area contributed by atoms with Crippen molar-refractivity contribution in [3.05, 3.63) is 120 Å². The Morgan fingerprint density at radius 1 is 0.698 bits per heavy atom. The Balaban J connectivity index is 1.43. The first-order chi connectivity index (χ1) is 25.4. The zero-order chi connectivity index (χ0) is 36.9. The van der Waals surface area contributed by atoms with Crippen molar-refractivity contribution in [2.75, 3.05) is 0 Å². The Morgan fingerprint density at radius 3 is 2.09 bits per heavy atom. The van der Waals surface area contributed by atoms with Gasteiger partial charge in [-0.15, -0.1) is 0 Å². The summed E-state index contributed by atoms with van der Waals surface area (Å²) in [7, 11) is 2.19. The average molecular weight is 698 g/mol. The average Bonchev–Trinajstić information content (AvgIpc) is 3.81. The molecule has 0 bridgehead atoms. The lowest BCUT2D eigenvalue weighted by Crippen LogP contribution is -2.30. The summed E-state index contributed by atoms with van der Waals surface area (Å²) in [5.74, 6) is 2.24. The Hall–Kier alpha value is -5.75. The number of hydrogen-bond donors (Lipinski definition) is 0. The first-order valence-corrected chi connectivity index (χ1v) is 18.7. The van der Waals surface area contributed by atoms with Crippen LogP contribution in [-0.2, 0) is 12.5 Å². The molecule has 264 valence electrons. The van der Waals surface area contributed by atoms with Crippen molar-refractivity contribution in [2.45, 2.75) is 72.6 Å². The molecule has 0 fully saturated rings. The van der Waals surface area contributed by atoms with Crippen molar-refractivity contribution in [3.63, 3.8) is 0 Å². The van der Waals surface area contributed by atoms with Crippen LogP contribution in [-0.4, -0.2) is 14.5 Å². The smallest absolute Gasteiger partial charge is 0.299 e. The third kappa shape index (κ3) is 5.10. The van der Waals surface area contributed by atoms with Crippen molar-refractivity contribution in [2.24, 2.45) is 7.05 Å². The second kappa shape index (κ2) is 11.9. The van der Waals surface area contributed by atoms with E-state index < -0.39 is 0 Å². The van der Waals surface area contributed by atoms with Crippen LogP contribution >= 0.6 is 0 Å². The zero-order valence-corrected chi connectivity index (χ0v) is 32.0. The van der Waals surface area contributed by atoms with Crippen LogP contribution in [0.1, 0.15) is 82.9 Å². The minimum absolute atomic E-state index is 0.233. The molecule has 9 aromatic rings. The number of pyridine rings is 1. The van der Waals surface area contributed by atoms with Gasteiger partial charge >= 0.3 is 0 Å². The number of hydrogen-bond acceptors (Lipinski definition) is 4. The third-order valence-electron chi connectivity index (χ3n) is 10.8. The van der Waals surface area contributed by atoms with Crippen LogP contribution in [0.15, 0.2) is 106 Å². The van der Waals surface area contributed by atoms with Crippen molar-refractivity contribution < 1.29 is 13.4 Å². The Bertz CT molecular complexity index is 2870. The lowest BCUT2D eigenvalue weighted by Gasteiger charge is -2.21. The molecular formula is C47H45N4O2+. The molecule has 0 unspecified atom stereocenters. The SMILES string of the molecule is Cc1ccc2c(oc3nc4nc(C(C)(C)C)oc4cc32)c1-c1n(-c2c(C(C)C)cc(-c3ccccc3)cc2C(C)C)c2c3ccccc3ccc2[n+]1C. The van der Waals surface area contributed by atoms with Crippen LogP contribution in [0.5, 0.6) is 0 Å². The predicted molar refractivity (Wildman–Crippen MR) is 217 cm³/mol. The van der Waals surface area contributed by atoms with Gasteiger partial charge in [-0.2, -0.15) is 14.5 Å². The standard InChI is InChI=1S/C47H45N4O2/c1-26(2)34-23-31(29-15-11-10-12-16-29)24-35(27(3)4)40(34)51-41-32-18-14-13-17-30(32)20-22-37(41)50(9)45(51)39-28(5)19-21-33-36-25-38-43(48-44(36)53-42(33)39)49-46(52-38)47(6,7)8/h10-27H,1-9H3/q+1. The maximum atomic E-state index is 6.86. The molecule has 0 spiro atoms. The van der Waals surface area contributed by atoms with Gasteiger partial charge in [0.15, 0.2) is 22.2 Å². The minimum atomic E-state index is -0.233. The van der Waals surface area contributed by atoms with Crippen LogP contribution in [0.25, 0.3) is 83.3 Å². The van der Waals surface area contributed by atoms with Crippen LogP contribution in [0.3, 0.4) is 0 Å². The highest BCUT2D eigenvalue weighted by molar-refractivity contribution is 6.12. The van der Waals surface area contributed by atoms with E-state index in [0.717, 1.165) is 38.8 Å². The van der Waals surface area contributed by atoms with Gasteiger partial charge in [-0.3, -0.25) is 0 Å². The lowest BCUT2D eigenvalue weighted by atomic mass is 9.88. The fourth-order valence-electron chi connectivity index (χ4n) is 8.04. The maximum absolute atomic E-state index is 6.86. The molecule has 0 amide bonds. The first kappa shape index (κ1) is 33.1. The molecule has 9 rings (SSSR count). The highest BCUT2D eigenvalue weighted by Crippen LogP contribution is 2.44. The molecule has 0 atom stereocenters. The normalized spacial score (nSPS) is 12.6. The van der Waals surface area contributed by atoms with Gasteiger partial charge in [0.1, 0.15) is 11.3 Å². The molecule has 4 aromatic heterocycles. The topological polar surface area (TPSA) is 60.9 Å².